The van der Waals surface area contributed by atoms with Crippen LogP contribution in [0.4, 0.5) is 0 Å². The van der Waals surface area contributed by atoms with E-state index in [2.05, 4.69) is 27.5 Å². The van der Waals surface area contributed by atoms with E-state index in [4.69, 9.17) is 21.4 Å². The molecule has 1 amide bonds. The van der Waals surface area contributed by atoms with Crippen molar-refractivity contribution in [1.29, 1.82) is 0 Å². The Hall–Kier alpha value is -2.16. The zero-order valence-electron chi connectivity index (χ0n) is 15.7. The maximum Gasteiger partial charge on any atom is 0.273 e. The summed E-state index contributed by atoms with van der Waals surface area (Å²) in [5, 5.41) is 20.5. The van der Waals surface area contributed by atoms with Gasteiger partial charge in [-0.15, -0.1) is 5.10 Å². The number of halogens is 1. The molecule has 2 aliphatic rings. The number of rotatable bonds is 8. The summed E-state index contributed by atoms with van der Waals surface area (Å²) >= 11 is 6.48. The summed E-state index contributed by atoms with van der Waals surface area (Å²) in [6.45, 7) is 3.71. The SMILES string of the molecule is C[C@H](c1cccc(OCCO)c1Cl)N1CC(NC(=O)c2cn(C3CC3)nn2)C1. The molecular weight excluding hydrogens is 382 g/mol. The zero-order chi connectivity index (χ0) is 19.7. The summed E-state index contributed by atoms with van der Waals surface area (Å²) in [6, 6.07) is 6.24. The van der Waals surface area contributed by atoms with Gasteiger partial charge in [-0.05, 0) is 31.4 Å². The zero-order valence-corrected chi connectivity index (χ0v) is 16.5. The smallest absolute Gasteiger partial charge is 0.273 e. The molecule has 2 N–H and O–H groups in total. The highest BCUT2D eigenvalue weighted by molar-refractivity contribution is 6.32. The second kappa shape index (κ2) is 8.06. The first-order valence-corrected chi connectivity index (χ1v) is 9.93. The maximum absolute atomic E-state index is 12.3. The molecule has 0 unspecified atom stereocenters. The lowest BCUT2D eigenvalue weighted by molar-refractivity contribution is 0.0672. The second-order valence-corrected chi connectivity index (χ2v) is 7.72. The van der Waals surface area contributed by atoms with E-state index in [1.165, 1.54) is 0 Å². The number of carbonyl (C=O) groups is 1. The predicted octanol–water partition coefficient (Wildman–Crippen LogP) is 1.81. The predicted molar refractivity (Wildman–Crippen MR) is 104 cm³/mol. The molecule has 2 fully saturated rings. The van der Waals surface area contributed by atoms with Gasteiger partial charge in [-0.25, -0.2) is 4.68 Å². The molecule has 1 aliphatic heterocycles. The van der Waals surface area contributed by atoms with Crippen molar-refractivity contribution in [1.82, 2.24) is 25.2 Å². The van der Waals surface area contributed by atoms with E-state index in [0.717, 1.165) is 31.5 Å². The first-order chi connectivity index (χ1) is 13.6. The summed E-state index contributed by atoms with van der Waals surface area (Å²) in [7, 11) is 0. The lowest BCUT2D eigenvalue weighted by Gasteiger charge is -2.43. The van der Waals surface area contributed by atoms with E-state index >= 15 is 0 Å². The number of nitrogens with one attached hydrogen (secondary N) is 1. The highest BCUT2D eigenvalue weighted by Crippen LogP contribution is 2.36. The molecule has 1 saturated carbocycles. The van der Waals surface area contributed by atoms with Crippen molar-refractivity contribution in [3.8, 4) is 5.75 Å². The number of ether oxygens (including phenoxy) is 1. The fourth-order valence-corrected chi connectivity index (χ4v) is 3.73. The van der Waals surface area contributed by atoms with Crippen molar-refractivity contribution in [3.05, 3.63) is 40.7 Å². The molecule has 1 atom stereocenters. The van der Waals surface area contributed by atoms with Crippen LogP contribution >= 0.6 is 11.6 Å². The number of hydrogen-bond donors (Lipinski definition) is 2. The van der Waals surface area contributed by atoms with Gasteiger partial charge in [0.2, 0.25) is 0 Å². The molecule has 0 spiro atoms. The van der Waals surface area contributed by atoms with E-state index < -0.39 is 0 Å². The van der Waals surface area contributed by atoms with Crippen LogP contribution in [0, 0.1) is 0 Å². The fraction of sp³-hybridized carbons (Fsp3) is 0.526. The van der Waals surface area contributed by atoms with E-state index in [-0.39, 0.29) is 31.2 Å². The van der Waals surface area contributed by atoms with E-state index in [1.54, 1.807) is 16.9 Å². The van der Waals surface area contributed by atoms with Crippen molar-refractivity contribution in [2.75, 3.05) is 26.3 Å². The number of nitrogens with zero attached hydrogens (tertiary/aromatic N) is 4. The minimum Gasteiger partial charge on any atom is -0.490 e. The number of amides is 1. The van der Waals surface area contributed by atoms with Crippen molar-refractivity contribution in [3.63, 3.8) is 0 Å². The Balaban J connectivity index is 1.31. The molecule has 28 heavy (non-hydrogen) atoms. The summed E-state index contributed by atoms with van der Waals surface area (Å²) in [6.07, 6.45) is 3.94. The number of hydrogen-bond acceptors (Lipinski definition) is 6. The van der Waals surface area contributed by atoms with Crippen LogP contribution in [0.15, 0.2) is 24.4 Å². The summed E-state index contributed by atoms with van der Waals surface area (Å²) < 4.78 is 7.26. The van der Waals surface area contributed by atoms with Gasteiger partial charge in [0.15, 0.2) is 5.69 Å². The van der Waals surface area contributed by atoms with Gasteiger partial charge in [-0.1, -0.05) is 28.9 Å². The molecule has 2 heterocycles. The van der Waals surface area contributed by atoms with Crippen LogP contribution in [0.2, 0.25) is 5.02 Å². The van der Waals surface area contributed by atoms with Crippen molar-refractivity contribution in [2.24, 2.45) is 0 Å². The van der Waals surface area contributed by atoms with Gasteiger partial charge >= 0.3 is 0 Å². The van der Waals surface area contributed by atoms with E-state index in [1.807, 2.05) is 12.1 Å². The van der Waals surface area contributed by atoms with Gasteiger partial charge < -0.3 is 15.2 Å². The largest absolute Gasteiger partial charge is 0.490 e. The molecule has 8 nitrogen and oxygen atoms in total. The Bertz CT molecular complexity index is 848. The van der Waals surface area contributed by atoms with Crippen LogP contribution in [-0.4, -0.2) is 63.3 Å². The fourth-order valence-electron chi connectivity index (χ4n) is 3.39. The molecule has 0 bridgehead atoms. The van der Waals surface area contributed by atoms with Crippen LogP contribution in [0.5, 0.6) is 5.75 Å². The van der Waals surface area contributed by atoms with Crippen molar-refractivity contribution < 1.29 is 14.6 Å². The van der Waals surface area contributed by atoms with Crippen LogP contribution < -0.4 is 10.1 Å². The third-order valence-corrected chi connectivity index (χ3v) is 5.65. The molecular formula is C19H24ClN5O3. The van der Waals surface area contributed by atoms with Gasteiger partial charge in [0, 0.05) is 19.1 Å². The summed E-state index contributed by atoms with van der Waals surface area (Å²) in [4.78, 5) is 14.6. The number of aliphatic hydroxyl groups excluding tert-OH is 1. The Kier molecular flexibility index (Phi) is 5.52. The second-order valence-electron chi connectivity index (χ2n) is 7.35. The monoisotopic (exact) mass is 405 g/mol. The molecule has 1 aromatic carbocycles. The third-order valence-electron chi connectivity index (χ3n) is 5.25. The lowest BCUT2D eigenvalue weighted by Crippen LogP contribution is -2.59. The quantitative estimate of drug-likeness (QED) is 0.695. The van der Waals surface area contributed by atoms with Gasteiger partial charge in [-0.2, -0.15) is 0 Å². The van der Waals surface area contributed by atoms with E-state index in [9.17, 15) is 4.79 Å². The molecule has 2 aromatic rings. The highest BCUT2D eigenvalue weighted by atomic mass is 35.5. The van der Waals surface area contributed by atoms with Crippen LogP contribution in [-0.2, 0) is 0 Å². The first-order valence-electron chi connectivity index (χ1n) is 9.55. The summed E-state index contributed by atoms with van der Waals surface area (Å²) in [5.74, 6) is 0.394. The van der Waals surface area contributed by atoms with E-state index in [0.29, 0.717) is 22.5 Å². The summed E-state index contributed by atoms with van der Waals surface area (Å²) in [5.41, 5.74) is 1.34. The van der Waals surface area contributed by atoms with Crippen molar-refractivity contribution in [2.45, 2.75) is 37.9 Å². The van der Waals surface area contributed by atoms with Gasteiger partial charge in [0.05, 0.1) is 29.9 Å². The Labute approximate surface area is 168 Å². The molecule has 1 aliphatic carbocycles. The van der Waals surface area contributed by atoms with Crippen LogP contribution in [0.1, 0.15) is 47.9 Å². The van der Waals surface area contributed by atoms with Gasteiger partial charge in [0.25, 0.3) is 5.91 Å². The third kappa shape index (κ3) is 3.99. The molecule has 0 radical (unpaired) electrons. The molecule has 1 saturated heterocycles. The average Bonchev–Trinajstić information content (AvgIpc) is 3.39. The standard InChI is InChI=1S/C19H24ClN5O3/c1-12(15-3-2-4-17(18(15)20)28-8-7-26)24-9-13(10-24)21-19(27)16-11-25(23-22-16)14-5-6-14/h2-4,11-14,26H,5-10H2,1H3,(H,21,27)/t12-/m1/s1. The number of aliphatic hydroxyl groups is 1. The van der Waals surface area contributed by atoms with Gasteiger partial charge in [-0.3, -0.25) is 9.69 Å². The van der Waals surface area contributed by atoms with Crippen LogP contribution in [0.3, 0.4) is 0 Å². The maximum atomic E-state index is 12.3. The number of benzene rings is 1. The number of likely N-dealkylation sites (tertiary alicyclic amines) is 1. The normalized spacial score (nSPS) is 18.5. The Morgan fingerprint density at radius 1 is 1.43 bits per heavy atom. The highest BCUT2D eigenvalue weighted by Gasteiger charge is 2.34. The molecule has 4 rings (SSSR count). The topological polar surface area (TPSA) is 92.5 Å². The van der Waals surface area contributed by atoms with Gasteiger partial charge in [0.1, 0.15) is 12.4 Å². The number of aromatic nitrogens is 3. The minimum absolute atomic E-state index is 0.0575. The average molecular weight is 406 g/mol. The Morgan fingerprint density at radius 2 is 2.21 bits per heavy atom. The number of carbonyl (C=O) groups excluding carboxylic acids is 1. The molecule has 9 heteroatoms. The Morgan fingerprint density at radius 3 is 2.93 bits per heavy atom. The molecule has 1 aromatic heterocycles. The molecule has 150 valence electrons. The van der Waals surface area contributed by atoms with Crippen molar-refractivity contribution >= 4 is 17.5 Å². The van der Waals surface area contributed by atoms with Crippen LogP contribution in [0.25, 0.3) is 0 Å². The minimum atomic E-state index is -0.179. The first kappa shape index (κ1) is 19.2. The lowest BCUT2D eigenvalue weighted by atomic mass is 10.00.